The van der Waals surface area contributed by atoms with Crippen LogP contribution in [0, 0.1) is 0 Å². The molecule has 0 aliphatic carbocycles. The molecule has 0 heterocycles. The number of rotatable bonds is 1. The van der Waals surface area contributed by atoms with Crippen LogP contribution in [0.25, 0.3) is 0 Å². The molecule has 0 spiro atoms. The standard InChI is InChI=1S/C4H10N2/c1-4(5)6(2)3/h4H,1-3H3. The van der Waals surface area contributed by atoms with E-state index in [2.05, 4.69) is 0 Å². The summed E-state index contributed by atoms with van der Waals surface area (Å²) in [7, 11) is 3.65. The summed E-state index contributed by atoms with van der Waals surface area (Å²) in [5.41, 5.74) is 8.56. The van der Waals surface area contributed by atoms with E-state index in [1.807, 2.05) is 14.1 Å². The average Bonchev–Trinajstić information content (AvgIpc) is 1.36. The maximum atomic E-state index is 8.56. The fourth-order valence-corrected chi connectivity index (χ4v) is 0. The molecule has 0 N–H and O–H groups in total. The molecule has 2 nitrogen and oxygen atoms in total. The van der Waals surface area contributed by atoms with Crippen LogP contribution in [-0.4, -0.2) is 25.2 Å². The monoisotopic (exact) mass is 86.1 g/mol. The zero-order chi connectivity index (χ0) is 5.15. The van der Waals surface area contributed by atoms with Crippen molar-refractivity contribution in [1.29, 1.82) is 0 Å². The molecule has 0 rings (SSSR count). The van der Waals surface area contributed by atoms with Gasteiger partial charge in [0.05, 0.1) is 6.17 Å². The second-order valence-electron chi connectivity index (χ2n) is 1.60. The molecule has 2 radical (unpaired) electrons. The summed E-state index contributed by atoms with van der Waals surface area (Å²) < 4.78 is 0. The number of nitrogens with zero attached hydrogens (tertiary/aromatic N) is 2. The smallest absolute Gasteiger partial charge is 0.0917 e. The highest BCUT2D eigenvalue weighted by Crippen LogP contribution is 1.78. The van der Waals surface area contributed by atoms with Crippen molar-refractivity contribution in [3.05, 3.63) is 0 Å². The van der Waals surface area contributed by atoms with Gasteiger partial charge in [-0.25, -0.2) is 0 Å². The van der Waals surface area contributed by atoms with Gasteiger partial charge in [-0.15, -0.1) is 5.73 Å². The van der Waals surface area contributed by atoms with E-state index >= 15 is 0 Å². The van der Waals surface area contributed by atoms with Crippen LogP contribution in [0.2, 0.25) is 0 Å². The summed E-state index contributed by atoms with van der Waals surface area (Å²) in [6.45, 7) is 1.72. The van der Waals surface area contributed by atoms with Gasteiger partial charge in [0, 0.05) is 0 Å². The Morgan fingerprint density at radius 3 is 1.67 bits per heavy atom. The fraction of sp³-hybridized carbons (Fsp3) is 1.00. The Hall–Kier alpha value is -0.0800. The van der Waals surface area contributed by atoms with Crippen LogP contribution in [-0.2, 0) is 0 Å². The predicted molar refractivity (Wildman–Crippen MR) is 25.3 cm³/mol. The normalized spacial score (nSPS) is 15.5. The van der Waals surface area contributed by atoms with Crippen LogP contribution in [0.15, 0.2) is 0 Å². The highest BCUT2D eigenvalue weighted by atomic mass is 15.2. The Balaban J connectivity index is 2.99. The minimum atomic E-state index is -0.315. The lowest BCUT2D eigenvalue weighted by Crippen LogP contribution is -2.24. The Kier molecular flexibility index (Phi) is 2.13. The molecule has 0 bridgehead atoms. The van der Waals surface area contributed by atoms with E-state index in [9.17, 15) is 0 Å². The van der Waals surface area contributed by atoms with E-state index in [4.69, 9.17) is 5.73 Å². The van der Waals surface area contributed by atoms with E-state index < -0.39 is 0 Å². The largest absolute Gasteiger partial charge is 0.292 e. The third-order valence-electron chi connectivity index (χ3n) is 0.747. The van der Waals surface area contributed by atoms with Gasteiger partial charge in [0.25, 0.3) is 0 Å². The third-order valence-corrected chi connectivity index (χ3v) is 0.747. The van der Waals surface area contributed by atoms with Crippen molar-refractivity contribution < 1.29 is 0 Å². The minimum Gasteiger partial charge on any atom is -0.292 e. The van der Waals surface area contributed by atoms with Gasteiger partial charge in [-0.3, -0.25) is 4.90 Å². The molecular formula is C4H10N2. The van der Waals surface area contributed by atoms with Gasteiger partial charge in [0.15, 0.2) is 0 Å². The van der Waals surface area contributed by atoms with Crippen molar-refractivity contribution in [1.82, 2.24) is 10.6 Å². The molecular weight excluding hydrogens is 76.1 g/mol. The van der Waals surface area contributed by atoms with Crippen molar-refractivity contribution in [3.63, 3.8) is 0 Å². The summed E-state index contributed by atoms with van der Waals surface area (Å²) in [5.74, 6) is 0. The summed E-state index contributed by atoms with van der Waals surface area (Å²) in [5, 5.41) is 0. The number of hydrogen-bond acceptors (Lipinski definition) is 1. The van der Waals surface area contributed by atoms with E-state index in [0.29, 0.717) is 0 Å². The third kappa shape index (κ3) is 2.18. The van der Waals surface area contributed by atoms with Crippen molar-refractivity contribution >= 4 is 0 Å². The molecule has 0 aliphatic rings. The van der Waals surface area contributed by atoms with E-state index in [1.165, 1.54) is 0 Å². The molecule has 0 saturated carbocycles. The van der Waals surface area contributed by atoms with Gasteiger partial charge in [-0.2, -0.15) is 0 Å². The Morgan fingerprint density at radius 2 is 1.67 bits per heavy atom. The lowest BCUT2D eigenvalue weighted by molar-refractivity contribution is 0.313. The molecule has 0 aliphatic heterocycles. The predicted octanol–water partition coefficient (Wildman–Crippen LogP) is -0.0373. The molecule has 0 aromatic heterocycles. The topological polar surface area (TPSA) is 25.5 Å². The highest BCUT2D eigenvalue weighted by Gasteiger charge is 1.93. The molecule has 2 heteroatoms. The first-order valence-corrected chi connectivity index (χ1v) is 1.99. The molecule has 0 amide bonds. The van der Waals surface area contributed by atoms with Gasteiger partial charge in [-0.1, -0.05) is 0 Å². The van der Waals surface area contributed by atoms with Crippen LogP contribution < -0.4 is 5.73 Å². The SMILES string of the molecule is CC([N])N(C)C. The second kappa shape index (κ2) is 2.16. The molecule has 1 unspecified atom stereocenters. The first-order chi connectivity index (χ1) is 2.64. The summed E-state index contributed by atoms with van der Waals surface area (Å²) >= 11 is 0. The minimum absolute atomic E-state index is 0.315. The van der Waals surface area contributed by atoms with Crippen LogP contribution in [0.1, 0.15) is 6.92 Å². The lowest BCUT2D eigenvalue weighted by Gasteiger charge is -2.09. The van der Waals surface area contributed by atoms with Crippen molar-refractivity contribution in [2.75, 3.05) is 14.1 Å². The van der Waals surface area contributed by atoms with Crippen molar-refractivity contribution in [2.24, 2.45) is 0 Å². The molecule has 0 aromatic rings. The zero-order valence-corrected chi connectivity index (χ0v) is 4.47. The first-order valence-electron chi connectivity index (χ1n) is 1.99. The van der Waals surface area contributed by atoms with Gasteiger partial charge in [0.2, 0.25) is 0 Å². The van der Waals surface area contributed by atoms with Crippen LogP contribution >= 0.6 is 0 Å². The van der Waals surface area contributed by atoms with E-state index in [1.54, 1.807) is 11.8 Å². The molecule has 36 valence electrons. The van der Waals surface area contributed by atoms with Crippen molar-refractivity contribution in [3.8, 4) is 0 Å². The van der Waals surface area contributed by atoms with Gasteiger partial charge in [0.1, 0.15) is 0 Å². The fourth-order valence-electron chi connectivity index (χ4n) is 0. The average molecular weight is 86.1 g/mol. The molecule has 0 saturated heterocycles. The summed E-state index contributed by atoms with van der Waals surface area (Å²) in [6.07, 6.45) is -0.315. The highest BCUT2D eigenvalue weighted by molar-refractivity contribution is 4.42. The second-order valence-corrected chi connectivity index (χ2v) is 1.60. The zero-order valence-electron chi connectivity index (χ0n) is 4.47. The van der Waals surface area contributed by atoms with E-state index in [0.717, 1.165) is 0 Å². The van der Waals surface area contributed by atoms with Crippen LogP contribution in [0.5, 0.6) is 0 Å². The van der Waals surface area contributed by atoms with Crippen LogP contribution in [0.3, 0.4) is 0 Å². The lowest BCUT2D eigenvalue weighted by atomic mass is 10.6. The van der Waals surface area contributed by atoms with Gasteiger partial charge >= 0.3 is 0 Å². The molecule has 6 heavy (non-hydrogen) atoms. The Labute approximate surface area is 38.9 Å². The summed E-state index contributed by atoms with van der Waals surface area (Å²) in [4.78, 5) is 1.72. The number of hydrogen-bond donors (Lipinski definition) is 0. The van der Waals surface area contributed by atoms with Crippen LogP contribution in [0.4, 0.5) is 0 Å². The maximum absolute atomic E-state index is 8.56. The molecule has 1 atom stereocenters. The Bertz CT molecular complexity index is 26.5. The Morgan fingerprint density at radius 1 is 1.50 bits per heavy atom. The quantitative estimate of drug-likeness (QED) is 0.439. The van der Waals surface area contributed by atoms with Gasteiger partial charge in [-0.05, 0) is 21.0 Å². The first kappa shape index (κ1) is 5.92. The van der Waals surface area contributed by atoms with Gasteiger partial charge < -0.3 is 0 Å². The molecule has 0 aromatic carbocycles. The van der Waals surface area contributed by atoms with E-state index in [-0.39, 0.29) is 6.17 Å². The maximum Gasteiger partial charge on any atom is 0.0917 e. The summed E-state index contributed by atoms with van der Waals surface area (Å²) in [6, 6.07) is 0. The molecule has 0 fully saturated rings. The van der Waals surface area contributed by atoms with Crippen molar-refractivity contribution in [2.45, 2.75) is 13.1 Å².